The van der Waals surface area contributed by atoms with Crippen molar-refractivity contribution < 1.29 is 75.0 Å². The molecule has 9 rings (SSSR count). The highest BCUT2D eigenvalue weighted by Gasteiger charge is 2.47. The first-order valence-corrected chi connectivity index (χ1v) is 31.7. The number of hydrogen-bond acceptors (Lipinski definition) is 14. The second-order valence-corrected chi connectivity index (χ2v) is 26.1. The minimum atomic E-state index is -4.09. The molecule has 9 amide bonds. The topological polar surface area (TPSA) is 290 Å². The Hall–Kier alpha value is -7.40. The smallest absolute Gasteiger partial charge is 0.370 e. The van der Waals surface area contributed by atoms with E-state index >= 15 is 0 Å². The van der Waals surface area contributed by atoms with Gasteiger partial charge in [-0.05, 0) is 121 Å². The lowest BCUT2D eigenvalue weighted by atomic mass is 9.86. The number of thiophene rings is 1. The lowest BCUT2D eigenvalue weighted by molar-refractivity contribution is -0.189. The summed E-state index contributed by atoms with van der Waals surface area (Å²) in [6.07, 6.45) is -4.07. The molecule has 27 heteroatoms. The minimum absolute atomic E-state index is 0.0439. The van der Waals surface area contributed by atoms with Gasteiger partial charge >= 0.3 is 14.7 Å². The molecule has 0 aliphatic carbocycles. The number of imide groups is 1. The molecule has 0 saturated carbocycles. The summed E-state index contributed by atoms with van der Waals surface area (Å²) in [7, 11) is -3.43. The molecule has 0 spiro atoms. The van der Waals surface area contributed by atoms with Crippen molar-refractivity contribution in [2.75, 3.05) is 32.7 Å². The number of fused-ring (bicyclic) bond motifs is 3. The molecular weight excluding hydrogens is 1200 g/mol. The van der Waals surface area contributed by atoms with E-state index in [-0.39, 0.29) is 110 Å². The van der Waals surface area contributed by atoms with E-state index < -0.39 is 105 Å². The zero-order valence-corrected chi connectivity index (χ0v) is 51.1. The zero-order chi connectivity index (χ0) is 64.1. The van der Waals surface area contributed by atoms with Crippen LogP contribution in [0.25, 0.3) is 10.1 Å². The number of primary amides is 1. The fraction of sp³-hybridized carbons (Fsp3) is 0.500. The molecule has 0 bridgehead atoms. The molecule has 0 radical (unpaired) electrons. The van der Waals surface area contributed by atoms with Gasteiger partial charge in [0.15, 0.2) is 0 Å². The van der Waals surface area contributed by atoms with Crippen LogP contribution in [0.4, 0.5) is 17.6 Å². The van der Waals surface area contributed by atoms with E-state index in [0.29, 0.717) is 48.2 Å². The molecule has 5 aliphatic rings. The summed E-state index contributed by atoms with van der Waals surface area (Å²) in [6.45, 7) is 6.05. The minimum Gasteiger partial charge on any atom is -0.370 e. The number of alkyl halides is 4. The Labute approximate surface area is 516 Å². The zero-order valence-electron chi connectivity index (χ0n) is 49.4. The Kier molecular flexibility index (Phi) is 20.9. The van der Waals surface area contributed by atoms with E-state index in [9.17, 15) is 60.7 Å². The van der Waals surface area contributed by atoms with Crippen molar-refractivity contribution in [2.45, 2.75) is 159 Å². The summed E-state index contributed by atoms with van der Waals surface area (Å²) in [6, 6.07) is 10.7. The van der Waals surface area contributed by atoms with Gasteiger partial charge in [-0.25, -0.2) is 13.3 Å². The van der Waals surface area contributed by atoms with Crippen molar-refractivity contribution >= 4 is 83.2 Å². The number of hydrogen-bond donors (Lipinski definition) is 7. The van der Waals surface area contributed by atoms with E-state index in [1.165, 1.54) is 26.8 Å². The average Bonchev–Trinajstić information content (AvgIpc) is 2.02. The molecule has 1 unspecified atom stereocenters. The molecule has 6 heterocycles. The van der Waals surface area contributed by atoms with Crippen LogP contribution in [0.2, 0.25) is 0 Å². The Morgan fingerprint density at radius 1 is 0.888 bits per heavy atom. The van der Waals surface area contributed by atoms with Crippen molar-refractivity contribution in [2.24, 2.45) is 11.7 Å². The number of benzene rings is 3. The molecule has 4 fully saturated rings. The molecule has 1 aromatic heterocycles. The fourth-order valence-corrected chi connectivity index (χ4v) is 13.6. The number of rotatable bonds is 20. The van der Waals surface area contributed by atoms with E-state index in [2.05, 4.69) is 58.4 Å². The van der Waals surface area contributed by atoms with Gasteiger partial charge in [-0.1, -0.05) is 62.9 Å². The average molecular weight is 1270 g/mol. The highest BCUT2D eigenvalue weighted by Crippen LogP contribution is 2.43. The molecule has 21 nitrogen and oxygen atoms in total. The Morgan fingerprint density at radius 2 is 1.62 bits per heavy atom. The van der Waals surface area contributed by atoms with Crippen LogP contribution in [0.3, 0.4) is 0 Å². The lowest BCUT2D eigenvalue weighted by Gasteiger charge is -2.38. The van der Waals surface area contributed by atoms with Gasteiger partial charge in [-0.2, -0.15) is 8.78 Å². The number of nitrogens with two attached hydrogens (primary N) is 1. The van der Waals surface area contributed by atoms with Crippen LogP contribution in [-0.4, -0.2) is 158 Å². The summed E-state index contributed by atoms with van der Waals surface area (Å²) in [5, 5.41) is 10.7. The third-order valence-electron chi connectivity index (χ3n) is 17.1. The second kappa shape index (κ2) is 28.2. The maximum absolute atomic E-state index is 14.8. The number of likely N-dealkylation sites (tertiary alicyclic amines) is 1. The van der Waals surface area contributed by atoms with E-state index in [1.54, 1.807) is 17.0 Å². The predicted octanol–water partition coefficient (Wildman–Crippen LogP) is 5.21. The first kappa shape index (κ1) is 66.0. The number of carbonyl (C=O) groups excluding carboxylic acids is 9. The van der Waals surface area contributed by atoms with Crippen molar-refractivity contribution in [3.8, 4) is 11.8 Å². The Balaban J connectivity index is 0.872. The van der Waals surface area contributed by atoms with Crippen molar-refractivity contribution in [3.05, 3.63) is 105 Å². The molecule has 5 aliphatic heterocycles. The van der Waals surface area contributed by atoms with Gasteiger partial charge in [0, 0.05) is 80.3 Å². The van der Waals surface area contributed by atoms with Gasteiger partial charge in [0.25, 0.3) is 18.2 Å². The number of nitrogens with one attached hydrogen (secondary N) is 4. The Morgan fingerprint density at radius 3 is 2.30 bits per heavy atom. The van der Waals surface area contributed by atoms with Gasteiger partial charge < -0.3 is 46.2 Å². The maximum Gasteiger partial charge on any atom is 0.389 e. The monoisotopic (exact) mass is 1270 g/mol. The van der Waals surface area contributed by atoms with Crippen LogP contribution in [0, 0.1) is 17.8 Å². The summed E-state index contributed by atoms with van der Waals surface area (Å²) in [5.74, 6) is 1.17. The number of carbonyl (C=O) groups is 9. The van der Waals surface area contributed by atoms with Crippen LogP contribution in [0.15, 0.2) is 66.7 Å². The number of piperidine rings is 2. The van der Waals surface area contributed by atoms with E-state index in [4.69, 9.17) is 15.5 Å². The molecule has 3 aromatic carbocycles. The molecule has 4 aromatic rings. The highest BCUT2D eigenvalue weighted by molar-refractivity contribution is 7.39. The maximum atomic E-state index is 14.8. The molecule has 6 atom stereocenters. The van der Waals surface area contributed by atoms with Gasteiger partial charge in [-0.15, -0.1) is 11.3 Å². The summed E-state index contributed by atoms with van der Waals surface area (Å²) in [5.41, 5.74) is 8.32. The third-order valence-corrected chi connectivity index (χ3v) is 18.7. The van der Waals surface area contributed by atoms with Gasteiger partial charge in [0.2, 0.25) is 41.4 Å². The quantitative estimate of drug-likeness (QED) is 0.0259. The van der Waals surface area contributed by atoms with Crippen molar-refractivity contribution in [1.82, 2.24) is 40.9 Å². The number of halogens is 4. The van der Waals surface area contributed by atoms with E-state index in [0.717, 1.165) is 46.6 Å². The summed E-state index contributed by atoms with van der Waals surface area (Å²) >= 11 is 0.879. The van der Waals surface area contributed by atoms with Crippen molar-refractivity contribution in [1.29, 1.82) is 0 Å². The lowest BCUT2D eigenvalue weighted by Crippen LogP contribution is -2.62. The van der Waals surface area contributed by atoms with Crippen LogP contribution < -0.4 is 27.0 Å². The highest BCUT2D eigenvalue weighted by atomic mass is 32.1. The number of amides is 9. The van der Waals surface area contributed by atoms with Crippen molar-refractivity contribution in [3.63, 3.8) is 0 Å². The second-order valence-electron chi connectivity index (χ2n) is 24.3. The summed E-state index contributed by atoms with van der Waals surface area (Å²) in [4.78, 5) is 147. The van der Waals surface area contributed by atoms with Gasteiger partial charge in [0.05, 0.1) is 17.0 Å². The van der Waals surface area contributed by atoms with Gasteiger partial charge in [0.1, 0.15) is 30.2 Å². The molecule has 4 saturated heterocycles. The fourth-order valence-electron chi connectivity index (χ4n) is 12.4. The third kappa shape index (κ3) is 16.1. The van der Waals surface area contributed by atoms with Crippen LogP contribution >= 0.6 is 19.9 Å². The summed E-state index contributed by atoms with van der Waals surface area (Å²) < 4.78 is 61.5. The first-order valence-electron chi connectivity index (χ1n) is 29.7. The normalized spacial score (nSPS) is 21.0. The molecule has 89 heavy (non-hydrogen) atoms. The first-order chi connectivity index (χ1) is 42.2. The standard InChI is InChI=1S/C62H72F4N9O12PS/c1-61(2,3)39-13-11-36(12-14-39)29-45(59(83)73-27-23-35(24-28-73)7-4-5-8-37-9-6-10-42-43(37)32-74(58(42)82)47-19-22-53(77)71-55(47)79)69-54(78)44(17-21-52(67)76)68-56(80)48-18-16-41-25-26-72(34-51(63)64)33-46(60(84)75(41)48)70-57(81)50-31-38-30-40(15-20-49(38)89-50)62(65,66)87-88(85)86/h6,9-15,20,30-31,35,41,44-48,51,85-86H,4,7,16-19,21-29,32-34H2,1-3H3,(H2,67,76)(H,68,80)(H,69,78)(H,70,81)(H,71,77,79)/t41-,44+,45+,46+,47?,48+/m1/s1. The van der Waals surface area contributed by atoms with Crippen LogP contribution in [0.1, 0.15) is 139 Å². The van der Waals surface area contributed by atoms with Crippen LogP contribution in [-0.2, 0) is 62.6 Å². The SMILES string of the molecule is CC(C)(C)c1ccc(C[C@H](NC(=O)[C@H](CCC(N)=O)NC(=O)[C@@H]2CC[C@@H]3CCN(CC(F)F)C[C@H](NC(=O)c4cc5cc(C(F)(F)OP(O)O)ccc5s4)C(=O)N32)C(=O)N2CCC(CCC#Cc3cccc4c3CN(C3CCC(=O)NC3=O)C4=O)CC2)cc1. The predicted molar refractivity (Wildman–Crippen MR) is 319 cm³/mol. The van der Waals surface area contributed by atoms with Gasteiger partial charge in [-0.3, -0.25) is 53.4 Å². The largest absolute Gasteiger partial charge is 0.389 e. The number of nitrogens with zero attached hydrogens (tertiary/aromatic N) is 4. The Bertz CT molecular complexity index is 3440. The molecular formula is C62H72F4N9O12PS. The molecule has 8 N–H and O–H groups in total. The molecule has 476 valence electrons. The van der Waals surface area contributed by atoms with Crippen LogP contribution in [0.5, 0.6) is 0 Å². The van der Waals surface area contributed by atoms with E-state index in [1.807, 2.05) is 30.3 Å².